The number of hydrogen-bond donors (Lipinski definition) is 0. The molecule has 4 nitrogen and oxygen atoms in total. The van der Waals surface area contributed by atoms with Gasteiger partial charge in [0, 0.05) is 17.1 Å². The maximum Gasteiger partial charge on any atom is 0.573 e. The number of pyridine rings is 1. The Bertz CT molecular complexity index is 536. The summed E-state index contributed by atoms with van der Waals surface area (Å²) in [6.07, 6.45) is -8.15. The summed E-state index contributed by atoms with van der Waals surface area (Å²) in [6, 6.07) is 0. The fourth-order valence-corrected chi connectivity index (χ4v) is 2.12. The average Bonchev–Trinajstić information content (AvgIpc) is 2.38. The Morgan fingerprint density at radius 1 is 1.41 bits per heavy atom. The lowest BCUT2D eigenvalue weighted by Crippen LogP contribution is -2.21. The number of aromatic nitrogens is 1. The zero-order chi connectivity index (χ0) is 16.9. The van der Waals surface area contributed by atoms with Gasteiger partial charge in [-0.1, -0.05) is 15.9 Å². The molecule has 1 aromatic heterocycles. The Kier molecular flexibility index (Phi) is 6.51. The van der Waals surface area contributed by atoms with Crippen LogP contribution in [0.25, 0.3) is 0 Å². The summed E-state index contributed by atoms with van der Waals surface area (Å²) in [6.45, 7) is 1.51. The molecule has 0 bridgehead atoms. The molecule has 0 N–H and O–H groups in total. The summed E-state index contributed by atoms with van der Waals surface area (Å²) in [5.74, 6) is -2.02. The number of rotatable bonds is 6. The van der Waals surface area contributed by atoms with Gasteiger partial charge in [0.25, 0.3) is 6.43 Å². The minimum absolute atomic E-state index is 0.00469. The van der Waals surface area contributed by atoms with Crippen molar-refractivity contribution in [3.8, 4) is 5.75 Å². The first-order valence-electron chi connectivity index (χ1n) is 5.95. The highest BCUT2D eigenvalue weighted by Gasteiger charge is 2.36. The van der Waals surface area contributed by atoms with Crippen molar-refractivity contribution in [3.05, 3.63) is 23.0 Å². The van der Waals surface area contributed by atoms with Crippen LogP contribution >= 0.6 is 15.9 Å². The normalized spacial score (nSPS) is 11.6. The van der Waals surface area contributed by atoms with Crippen LogP contribution in [0.1, 0.15) is 30.2 Å². The molecule has 0 atom stereocenters. The summed E-state index contributed by atoms with van der Waals surface area (Å²) >= 11 is 3.00. The Labute approximate surface area is 130 Å². The Morgan fingerprint density at radius 2 is 2.05 bits per heavy atom. The van der Waals surface area contributed by atoms with Gasteiger partial charge in [-0.25, -0.2) is 8.78 Å². The lowest BCUT2D eigenvalue weighted by Gasteiger charge is -2.18. The largest absolute Gasteiger partial charge is 0.573 e. The molecule has 1 aromatic rings. The van der Waals surface area contributed by atoms with Gasteiger partial charge in [0.2, 0.25) is 0 Å². The van der Waals surface area contributed by atoms with E-state index in [4.69, 9.17) is 0 Å². The first kappa shape index (κ1) is 18.6. The van der Waals surface area contributed by atoms with Crippen LogP contribution in [-0.2, 0) is 21.3 Å². The highest BCUT2D eigenvalue weighted by molar-refractivity contribution is 9.08. The SMILES string of the molecule is CCOC(=O)Cc1c(CBr)cnc(C(F)F)c1OC(F)(F)F. The van der Waals surface area contributed by atoms with E-state index >= 15 is 0 Å². The molecule has 1 heterocycles. The molecule has 0 fully saturated rings. The number of carbonyl (C=O) groups excluding carboxylic acids is 1. The van der Waals surface area contributed by atoms with Crippen molar-refractivity contribution < 1.29 is 36.2 Å². The molecule has 0 aliphatic carbocycles. The van der Waals surface area contributed by atoms with Crippen molar-refractivity contribution in [1.82, 2.24) is 4.98 Å². The molecule has 0 saturated carbocycles. The quantitative estimate of drug-likeness (QED) is 0.419. The number of hydrogen-bond acceptors (Lipinski definition) is 4. The number of nitrogens with zero attached hydrogens (tertiary/aromatic N) is 1. The zero-order valence-electron chi connectivity index (χ0n) is 11.2. The fraction of sp³-hybridized carbons (Fsp3) is 0.500. The second-order valence-corrected chi connectivity index (χ2v) is 4.50. The Hall–Kier alpha value is -1.45. The molecule has 10 heteroatoms. The maximum atomic E-state index is 12.9. The highest BCUT2D eigenvalue weighted by Crippen LogP contribution is 2.37. The van der Waals surface area contributed by atoms with E-state index in [1.165, 1.54) is 6.92 Å². The van der Waals surface area contributed by atoms with Gasteiger partial charge in [-0.2, -0.15) is 0 Å². The summed E-state index contributed by atoms with van der Waals surface area (Å²) in [4.78, 5) is 14.8. The van der Waals surface area contributed by atoms with Gasteiger partial charge in [0.05, 0.1) is 13.0 Å². The van der Waals surface area contributed by atoms with Crippen LogP contribution in [0.15, 0.2) is 6.20 Å². The third-order valence-corrected chi connectivity index (χ3v) is 3.05. The summed E-state index contributed by atoms with van der Waals surface area (Å²) < 4.78 is 71.4. The Morgan fingerprint density at radius 3 is 2.50 bits per heavy atom. The van der Waals surface area contributed by atoms with Crippen LogP contribution in [-0.4, -0.2) is 23.9 Å². The van der Waals surface area contributed by atoms with Crippen LogP contribution in [0.3, 0.4) is 0 Å². The van der Waals surface area contributed by atoms with E-state index in [9.17, 15) is 26.7 Å². The highest BCUT2D eigenvalue weighted by atomic mass is 79.9. The predicted molar refractivity (Wildman–Crippen MR) is 68.8 cm³/mol. The van der Waals surface area contributed by atoms with Crippen LogP contribution < -0.4 is 4.74 Å². The van der Waals surface area contributed by atoms with Gasteiger partial charge in [-0.3, -0.25) is 9.78 Å². The van der Waals surface area contributed by atoms with Crippen LogP contribution in [0, 0.1) is 0 Å². The minimum atomic E-state index is -5.19. The molecule has 0 aromatic carbocycles. The third-order valence-electron chi connectivity index (χ3n) is 2.45. The summed E-state index contributed by atoms with van der Waals surface area (Å²) in [5.41, 5.74) is -1.39. The minimum Gasteiger partial charge on any atom is -0.466 e. The van der Waals surface area contributed by atoms with Gasteiger partial charge in [0.1, 0.15) is 5.69 Å². The summed E-state index contributed by atoms with van der Waals surface area (Å²) in [7, 11) is 0. The van der Waals surface area contributed by atoms with E-state index in [0.29, 0.717) is 0 Å². The molecule has 0 radical (unpaired) electrons. The first-order chi connectivity index (χ1) is 10.2. The standard InChI is InChI=1S/C12H11BrF5NO3/c1-2-21-8(20)3-7-6(4-13)5-19-9(11(14)15)10(7)22-12(16,17)18/h5,11H,2-4H2,1H3. The topological polar surface area (TPSA) is 48.4 Å². The number of ether oxygens (including phenoxy) is 2. The van der Waals surface area contributed by atoms with E-state index in [-0.39, 0.29) is 23.1 Å². The smallest absolute Gasteiger partial charge is 0.466 e. The van der Waals surface area contributed by atoms with E-state index in [1.807, 2.05) is 0 Å². The van der Waals surface area contributed by atoms with E-state index in [0.717, 1.165) is 6.20 Å². The van der Waals surface area contributed by atoms with E-state index in [1.54, 1.807) is 0 Å². The van der Waals surface area contributed by atoms with Crippen molar-refractivity contribution in [2.75, 3.05) is 6.61 Å². The van der Waals surface area contributed by atoms with Gasteiger partial charge < -0.3 is 9.47 Å². The van der Waals surface area contributed by atoms with Crippen molar-refractivity contribution in [2.24, 2.45) is 0 Å². The molecule has 0 amide bonds. The molecule has 0 aliphatic heterocycles. The third kappa shape index (κ3) is 5.08. The molecule has 0 aliphatic rings. The lowest BCUT2D eigenvalue weighted by molar-refractivity contribution is -0.275. The fourth-order valence-electron chi connectivity index (χ4n) is 1.63. The van der Waals surface area contributed by atoms with Gasteiger partial charge >= 0.3 is 12.3 Å². The average molecular weight is 392 g/mol. The molecule has 0 unspecified atom stereocenters. The first-order valence-corrected chi connectivity index (χ1v) is 7.07. The van der Waals surface area contributed by atoms with Crippen molar-refractivity contribution in [2.45, 2.75) is 31.5 Å². The van der Waals surface area contributed by atoms with Crippen molar-refractivity contribution >= 4 is 21.9 Å². The molecule has 0 saturated heterocycles. The van der Waals surface area contributed by atoms with Crippen molar-refractivity contribution in [3.63, 3.8) is 0 Å². The van der Waals surface area contributed by atoms with Crippen molar-refractivity contribution in [1.29, 1.82) is 0 Å². The van der Waals surface area contributed by atoms with E-state index < -0.39 is 36.6 Å². The Balaban J connectivity index is 3.39. The number of esters is 1. The summed E-state index contributed by atoms with van der Waals surface area (Å²) in [5, 5.41) is 0.00642. The van der Waals surface area contributed by atoms with E-state index in [2.05, 4.69) is 30.4 Å². The monoisotopic (exact) mass is 391 g/mol. The van der Waals surface area contributed by atoms with Gasteiger partial charge in [0.15, 0.2) is 5.75 Å². The van der Waals surface area contributed by atoms with Crippen LogP contribution in [0.2, 0.25) is 0 Å². The molecule has 1 rings (SSSR count). The molecular weight excluding hydrogens is 381 g/mol. The van der Waals surface area contributed by atoms with Gasteiger partial charge in [-0.05, 0) is 12.5 Å². The van der Waals surface area contributed by atoms with Gasteiger partial charge in [-0.15, -0.1) is 13.2 Å². The molecular formula is C12H11BrF5NO3. The number of alkyl halides is 6. The molecule has 22 heavy (non-hydrogen) atoms. The number of carbonyl (C=O) groups is 1. The lowest BCUT2D eigenvalue weighted by atomic mass is 10.1. The second kappa shape index (κ2) is 7.70. The molecule has 124 valence electrons. The zero-order valence-corrected chi connectivity index (χ0v) is 12.8. The predicted octanol–water partition coefficient (Wildman–Crippen LogP) is 3.92. The van der Waals surface area contributed by atoms with Crippen LogP contribution in [0.4, 0.5) is 22.0 Å². The maximum absolute atomic E-state index is 12.9. The van der Waals surface area contributed by atoms with Crippen LogP contribution in [0.5, 0.6) is 5.75 Å². The second-order valence-electron chi connectivity index (χ2n) is 3.94. The number of halogens is 6. The molecule has 0 spiro atoms.